The van der Waals surface area contributed by atoms with Crippen LogP contribution in [0.15, 0.2) is 35.7 Å². The highest BCUT2D eigenvalue weighted by Crippen LogP contribution is 2.29. The topological polar surface area (TPSA) is 30.5 Å². The number of rotatable bonds is 7. The third-order valence-corrected chi connectivity index (χ3v) is 4.98. The van der Waals surface area contributed by atoms with E-state index in [-0.39, 0.29) is 12.4 Å². The summed E-state index contributed by atoms with van der Waals surface area (Å²) in [4.78, 5) is 1.22. The summed E-state index contributed by atoms with van der Waals surface area (Å²) in [5.74, 6) is 1.61. The molecule has 0 atom stereocenters. The van der Waals surface area contributed by atoms with Gasteiger partial charge in [0.15, 0.2) is 11.5 Å². The number of hydrogen-bond acceptors (Lipinski definition) is 4. The summed E-state index contributed by atoms with van der Waals surface area (Å²) < 4.78 is 11.3. The Morgan fingerprint density at radius 3 is 2.70 bits per heavy atom. The fraction of sp³-hybridized carbons (Fsp3) is 0.444. The molecule has 2 aromatic rings. The van der Waals surface area contributed by atoms with Crippen molar-refractivity contribution in [3.05, 3.63) is 46.2 Å². The van der Waals surface area contributed by atoms with Gasteiger partial charge < -0.3 is 14.8 Å². The van der Waals surface area contributed by atoms with Crippen LogP contribution in [0.4, 0.5) is 0 Å². The van der Waals surface area contributed by atoms with Gasteiger partial charge in [0.05, 0.1) is 7.11 Å². The van der Waals surface area contributed by atoms with Crippen LogP contribution >= 0.6 is 23.7 Å². The minimum absolute atomic E-state index is 0. The highest BCUT2D eigenvalue weighted by Gasteiger charge is 2.14. The highest BCUT2D eigenvalue weighted by molar-refractivity contribution is 7.09. The molecule has 0 spiro atoms. The Morgan fingerprint density at radius 2 is 2.00 bits per heavy atom. The summed E-state index contributed by atoms with van der Waals surface area (Å²) in [6.45, 7) is 1.49. The zero-order valence-corrected chi connectivity index (χ0v) is 15.1. The van der Waals surface area contributed by atoms with Crippen molar-refractivity contribution in [1.82, 2.24) is 5.32 Å². The smallest absolute Gasteiger partial charge is 0.161 e. The lowest BCUT2D eigenvalue weighted by Gasteiger charge is -2.14. The largest absolute Gasteiger partial charge is 0.493 e. The Kier molecular flexibility index (Phi) is 7.21. The maximum Gasteiger partial charge on any atom is 0.161 e. The van der Waals surface area contributed by atoms with Gasteiger partial charge in [-0.25, -0.2) is 0 Å². The predicted molar refractivity (Wildman–Crippen MR) is 98.0 cm³/mol. The molecule has 0 aliphatic heterocycles. The lowest BCUT2D eigenvalue weighted by Crippen LogP contribution is -2.25. The fourth-order valence-electron chi connectivity index (χ4n) is 2.88. The molecule has 126 valence electrons. The van der Waals surface area contributed by atoms with Crippen LogP contribution in [-0.4, -0.2) is 13.2 Å². The van der Waals surface area contributed by atoms with Crippen molar-refractivity contribution < 1.29 is 9.47 Å². The standard InChI is InChI=1S/C18H23NO2S.ClH/c1-20-18-11-14(12-19-15-5-2-3-6-15)8-9-17(18)21-13-16-7-4-10-22-16;/h4,7-11,15,19H,2-3,5-6,12-13H2,1H3;1H. The van der Waals surface area contributed by atoms with Gasteiger partial charge >= 0.3 is 0 Å². The molecule has 3 rings (SSSR count). The number of nitrogens with one attached hydrogen (secondary N) is 1. The van der Waals surface area contributed by atoms with Crippen LogP contribution in [0, 0.1) is 0 Å². The first-order valence-electron chi connectivity index (χ1n) is 7.90. The van der Waals surface area contributed by atoms with Gasteiger partial charge in [0.2, 0.25) is 0 Å². The third-order valence-electron chi connectivity index (χ3n) is 4.13. The van der Waals surface area contributed by atoms with Crippen LogP contribution < -0.4 is 14.8 Å². The lowest BCUT2D eigenvalue weighted by molar-refractivity contribution is 0.287. The quantitative estimate of drug-likeness (QED) is 0.776. The molecule has 0 radical (unpaired) electrons. The Balaban J connectivity index is 0.00000192. The normalized spacial score (nSPS) is 14.5. The van der Waals surface area contributed by atoms with Crippen LogP contribution in [0.5, 0.6) is 11.5 Å². The monoisotopic (exact) mass is 353 g/mol. The molecule has 0 amide bonds. The molecule has 5 heteroatoms. The van der Waals surface area contributed by atoms with Gasteiger partial charge in [0.1, 0.15) is 6.61 Å². The third kappa shape index (κ3) is 5.13. The van der Waals surface area contributed by atoms with Crippen LogP contribution in [0.3, 0.4) is 0 Å². The Labute approximate surface area is 148 Å². The van der Waals surface area contributed by atoms with Crippen molar-refractivity contribution in [3.8, 4) is 11.5 Å². The van der Waals surface area contributed by atoms with Crippen LogP contribution in [0.25, 0.3) is 0 Å². The van der Waals surface area contributed by atoms with Gasteiger partial charge in [-0.05, 0) is 42.0 Å². The Morgan fingerprint density at radius 1 is 1.17 bits per heavy atom. The molecule has 1 aromatic carbocycles. The zero-order chi connectivity index (χ0) is 15.2. The number of methoxy groups -OCH3 is 1. The lowest BCUT2D eigenvalue weighted by atomic mass is 10.1. The molecule has 3 nitrogen and oxygen atoms in total. The van der Waals surface area contributed by atoms with Crippen molar-refractivity contribution in [2.24, 2.45) is 0 Å². The summed E-state index contributed by atoms with van der Waals surface area (Å²) >= 11 is 1.71. The van der Waals surface area contributed by atoms with Crippen molar-refractivity contribution in [2.75, 3.05) is 7.11 Å². The summed E-state index contributed by atoms with van der Waals surface area (Å²) in [6, 6.07) is 11.0. The van der Waals surface area contributed by atoms with E-state index in [0.29, 0.717) is 12.6 Å². The Bertz CT molecular complexity index is 583. The van der Waals surface area contributed by atoms with E-state index in [1.54, 1.807) is 18.4 Å². The van der Waals surface area contributed by atoms with E-state index in [1.165, 1.54) is 36.1 Å². The summed E-state index contributed by atoms with van der Waals surface area (Å²) in [5, 5.41) is 5.69. The minimum Gasteiger partial charge on any atom is -0.493 e. The second kappa shape index (κ2) is 9.16. The van der Waals surface area contributed by atoms with E-state index in [4.69, 9.17) is 9.47 Å². The predicted octanol–water partition coefficient (Wildman–Crippen LogP) is 4.79. The van der Waals surface area contributed by atoms with Crippen LogP contribution in [-0.2, 0) is 13.2 Å². The van der Waals surface area contributed by atoms with E-state index in [1.807, 2.05) is 12.1 Å². The van der Waals surface area contributed by atoms with Gasteiger partial charge in [-0.1, -0.05) is 25.0 Å². The van der Waals surface area contributed by atoms with Crippen molar-refractivity contribution in [3.63, 3.8) is 0 Å². The van der Waals surface area contributed by atoms with Crippen molar-refractivity contribution >= 4 is 23.7 Å². The van der Waals surface area contributed by atoms with E-state index in [9.17, 15) is 0 Å². The van der Waals surface area contributed by atoms with Crippen LogP contribution in [0.1, 0.15) is 36.1 Å². The number of thiophene rings is 1. The summed E-state index contributed by atoms with van der Waals surface area (Å²) in [7, 11) is 1.70. The first-order chi connectivity index (χ1) is 10.8. The van der Waals surface area contributed by atoms with E-state index >= 15 is 0 Å². The second-order valence-corrected chi connectivity index (χ2v) is 6.75. The van der Waals surface area contributed by atoms with Gasteiger partial charge in [-0.3, -0.25) is 0 Å². The minimum atomic E-state index is 0. The van der Waals surface area contributed by atoms with E-state index < -0.39 is 0 Å². The number of hydrogen-bond donors (Lipinski definition) is 1. The maximum absolute atomic E-state index is 5.87. The average Bonchev–Trinajstić information content (AvgIpc) is 3.24. The Hall–Kier alpha value is -1.23. The molecule has 0 saturated heterocycles. The average molecular weight is 354 g/mol. The SMILES string of the molecule is COc1cc(CNC2CCCC2)ccc1OCc1cccs1.Cl. The van der Waals surface area contributed by atoms with Crippen molar-refractivity contribution in [1.29, 1.82) is 0 Å². The molecule has 1 fully saturated rings. The molecule has 1 aliphatic carbocycles. The molecule has 23 heavy (non-hydrogen) atoms. The second-order valence-electron chi connectivity index (χ2n) is 5.72. The van der Waals surface area contributed by atoms with Crippen LogP contribution in [0.2, 0.25) is 0 Å². The molecule has 1 N–H and O–H groups in total. The number of benzene rings is 1. The van der Waals surface area contributed by atoms with E-state index in [0.717, 1.165) is 18.0 Å². The first-order valence-corrected chi connectivity index (χ1v) is 8.78. The maximum atomic E-state index is 5.87. The molecule has 1 saturated carbocycles. The van der Waals surface area contributed by atoms with Gasteiger partial charge in [0, 0.05) is 17.5 Å². The summed E-state index contributed by atoms with van der Waals surface area (Å²) in [6.07, 6.45) is 5.32. The molecular weight excluding hydrogens is 330 g/mol. The van der Waals surface area contributed by atoms with Gasteiger partial charge in [-0.15, -0.1) is 23.7 Å². The van der Waals surface area contributed by atoms with E-state index in [2.05, 4.69) is 28.9 Å². The molecule has 1 heterocycles. The molecule has 0 bridgehead atoms. The van der Waals surface area contributed by atoms with Gasteiger partial charge in [-0.2, -0.15) is 0 Å². The highest BCUT2D eigenvalue weighted by atomic mass is 35.5. The molecule has 1 aromatic heterocycles. The van der Waals surface area contributed by atoms with Gasteiger partial charge in [0.25, 0.3) is 0 Å². The molecular formula is C18H24ClNO2S. The summed E-state index contributed by atoms with van der Waals surface area (Å²) in [5.41, 5.74) is 1.24. The zero-order valence-electron chi connectivity index (χ0n) is 13.4. The fourth-order valence-corrected chi connectivity index (χ4v) is 3.49. The molecule has 1 aliphatic rings. The first kappa shape index (κ1) is 18.1. The van der Waals surface area contributed by atoms with Crippen molar-refractivity contribution in [2.45, 2.75) is 44.9 Å². The molecule has 0 unspecified atom stereocenters. The number of halogens is 1. The number of ether oxygens (including phenoxy) is 2.